The zero-order chi connectivity index (χ0) is 22.2. The number of nitrogens with one attached hydrogen (secondary N) is 2. The van der Waals surface area contributed by atoms with Crippen molar-refractivity contribution in [3.63, 3.8) is 0 Å². The van der Waals surface area contributed by atoms with E-state index >= 15 is 0 Å². The highest BCUT2D eigenvalue weighted by molar-refractivity contribution is 6.46. The molecule has 1 spiro atoms. The lowest BCUT2D eigenvalue weighted by Gasteiger charge is -2.37. The number of hydrogen-bond donors (Lipinski definition) is 2. The Morgan fingerprint density at radius 3 is 2.39 bits per heavy atom. The average molecular weight is 430 g/mol. The molecule has 4 rings (SSSR count). The van der Waals surface area contributed by atoms with Crippen molar-refractivity contribution in [3.8, 4) is 0 Å². The van der Waals surface area contributed by atoms with Gasteiger partial charge in [0.05, 0.1) is 11.3 Å². The quantitative estimate of drug-likeness (QED) is 0.757. The predicted molar refractivity (Wildman–Crippen MR) is 110 cm³/mol. The van der Waals surface area contributed by atoms with E-state index in [2.05, 4.69) is 15.6 Å². The largest absolute Gasteiger partial charge is 0.418 e. The molecule has 2 aromatic carbocycles. The van der Waals surface area contributed by atoms with E-state index in [1.54, 1.807) is 0 Å². The molecule has 0 aromatic heterocycles. The van der Waals surface area contributed by atoms with Crippen LogP contribution in [0.4, 0.5) is 23.7 Å². The van der Waals surface area contributed by atoms with Crippen molar-refractivity contribution >= 4 is 23.3 Å². The zero-order valence-electron chi connectivity index (χ0n) is 16.8. The smallest absolute Gasteiger partial charge is 0.326 e. The number of urea groups is 1. The van der Waals surface area contributed by atoms with E-state index in [9.17, 15) is 22.8 Å². The summed E-state index contributed by atoms with van der Waals surface area (Å²) in [4.78, 5) is 31.1. The molecule has 2 aliphatic rings. The number of aryl methyl sites for hydroxylation is 1. The van der Waals surface area contributed by atoms with Crippen LogP contribution in [0.15, 0.2) is 53.5 Å². The van der Waals surface area contributed by atoms with Crippen LogP contribution in [0, 0.1) is 6.92 Å². The molecule has 2 aliphatic heterocycles. The zero-order valence-corrected chi connectivity index (χ0v) is 16.8. The van der Waals surface area contributed by atoms with Crippen molar-refractivity contribution < 1.29 is 22.8 Å². The Morgan fingerprint density at radius 2 is 1.74 bits per heavy atom. The first-order valence-corrected chi connectivity index (χ1v) is 9.88. The van der Waals surface area contributed by atoms with Crippen LogP contribution < -0.4 is 10.6 Å². The van der Waals surface area contributed by atoms with E-state index in [-0.39, 0.29) is 24.7 Å². The molecule has 0 saturated carbocycles. The summed E-state index contributed by atoms with van der Waals surface area (Å²) >= 11 is 0. The summed E-state index contributed by atoms with van der Waals surface area (Å²) in [5, 5.41) is 5.28. The van der Waals surface area contributed by atoms with E-state index in [1.165, 1.54) is 23.1 Å². The number of carbonyl (C=O) groups excluding carboxylic acids is 2. The lowest BCUT2D eigenvalue weighted by molar-refractivity contribution is -0.136. The summed E-state index contributed by atoms with van der Waals surface area (Å²) < 4.78 is 39.5. The first-order valence-electron chi connectivity index (χ1n) is 9.88. The van der Waals surface area contributed by atoms with Gasteiger partial charge in [-0.2, -0.15) is 13.2 Å². The van der Waals surface area contributed by atoms with Gasteiger partial charge in [-0.05, 0) is 19.1 Å². The van der Waals surface area contributed by atoms with Crippen LogP contribution in [0.5, 0.6) is 0 Å². The van der Waals surface area contributed by atoms with Gasteiger partial charge in [-0.1, -0.05) is 42.0 Å². The number of likely N-dealkylation sites (tertiary alicyclic amines) is 1. The topological polar surface area (TPSA) is 73.8 Å². The number of rotatable bonds is 2. The summed E-state index contributed by atoms with van der Waals surface area (Å²) in [5.74, 6) is -0.263. The van der Waals surface area contributed by atoms with E-state index in [1.807, 2.05) is 31.2 Å². The second kappa shape index (κ2) is 7.72. The third kappa shape index (κ3) is 4.26. The van der Waals surface area contributed by atoms with Gasteiger partial charge in [-0.15, -0.1) is 0 Å². The second-order valence-corrected chi connectivity index (χ2v) is 7.77. The highest BCUT2D eigenvalue weighted by Crippen LogP contribution is 2.35. The molecule has 2 heterocycles. The van der Waals surface area contributed by atoms with Crippen LogP contribution in [0.25, 0.3) is 0 Å². The first kappa shape index (κ1) is 20.9. The summed E-state index contributed by atoms with van der Waals surface area (Å²) in [6.45, 7) is 2.46. The molecule has 0 aliphatic carbocycles. The molecule has 0 bridgehead atoms. The summed E-state index contributed by atoms with van der Waals surface area (Å²) in [6, 6.07) is 11.7. The molecule has 0 radical (unpaired) electrons. The molecular formula is C22H21F3N4O2. The number of benzene rings is 2. The van der Waals surface area contributed by atoms with Gasteiger partial charge in [0, 0.05) is 31.5 Å². The van der Waals surface area contributed by atoms with Gasteiger partial charge in [0.2, 0.25) is 0 Å². The number of aliphatic imine (C=N–C) groups is 1. The molecule has 6 nitrogen and oxygen atoms in total. The lowest BCUT2D eigenvalue weighted by Crippen LogP contribution is -2.53. The normalized spacial score (nSPS) is 18.0. The number of alkyl halides is 3. The monoisotopic (exact) mass is 430 g/mol. The van der Waals surface area contributed by atoms with Crippen LogP contribution in [0.2, 0.25) is 0 Å². The fourth-order valence-electron chi connectivity index (χ4n) is 3.82. The van der Waals surface area contributed by atoms with E-state index in [0.717, 1.165) is 17.2 Å². The summed E-state index contributed by atoms with van der Waals surface area (Å²) in [5.41, 5.74) is 0.184. The molecule has 0 unspecified atom stereocenters. The van der Waals surface area contributed by atoms with Crippen molar-refractivity contribution in [1.82, 2.24) is 10.2 Å². The number of carbonyl (C=O) groups is 2. The van der Waals surface area contributed by atoms with Gasteiger partial charge in [-0.25, -0.2) is 4.79 Å². The molecule has 2 N–H and O–H groups in total. The Morgan fingerprint density at radius 1 is 1.10 bits per heavy atom. The Labute approximate surface area is 177 Å². The highest BCUT2D eigenvalue weighted by Gasteiger charge is 2.43. The number of piperidine rings is 1. The van der Waals surface area contributed by atoms with Crippen LogP contribution >= 0.6 is 0 Å². The average Bonchev–Trinajstić information content (AvgIpc) is 3.04. The van der Waals surface area contributed by atoms with Crippen molar-refractivity contribution in [2.45, 2.75) is 31.6 Å². The molecule has 9 heteroatoms. The fraction of sp³-hybridized carbons (Fsp3) is 0.318. The molecular weight excluding hydrogens is 409 g/mol. The van der Waals surface area contributed by atoms with Crippen molar-refractivity contribution in [2.75, 3.05) is 18.4 Å². The minimum atomic E-state index is -4.56. The lowest BCUT2D eigenvalue weighted by atomic mass is 9.98. The van der Waals surface area contributed by atoms with E-state index in [4.69, 9.17) is 0 Å². The van der Waals surface area contributed by atoms with Crippen molar-refractivity contribution in [3.05, 3.63) is 65.2 Å². The maximum Gasteiger partial charge on any atom is 0.418 e. The van der Waals surface area contributed by atoms with Gasteiger partial charge in [-0.3, -0.25) is 9.79 Å². The standard InChI is InChI=1S/C22H21F3N4O2/c1-14-6-8-15(9-7-14)18-19(30)28-21(27-18)10-12-29(13-11-21)20(31)26-17-5-3-2-4-16(17)22(23,24)25/h2-9H,10-13H2,1H3,(H,26,31)(H,28,30). The van der Waals surface area contributed by atoms with Crippen molar-refractivity contribution in [1.29, 1.82) is 0 Å². The summed E-state index contributed by atoms with van der Waals surface area (Å²) in [7, 11) is 0. The Bertz CT molecular complexity index is 1040. The number of amides is 3. The number of para-hydroxylation sites is 1. The molecule has 0 atom stereocenters. The van der Waals surface area contributed by atoms with Crippen LogP contribution in [-0.2, 0) is 11.0 Å². The molecule has 1 saturated heterocycles. The molecule has 31 heavy (non-hydrogen) atoms. The second-order valence-electron chi connectivity index (χ2n) is 7.77. The number of halogens is 3. The van der Waals surface area contributed by atoms with Crippen LogP contribution in [0.3, 0.4) is 0 Å². The third-order valence-electron chi connectivity index (χ3n) is 5.56. The van der Waals surface area contributed by atoms with Crippen molar-refractivity contribution in [2.24, 2.45) is 4.99 Å². The molecule has 1 fully saturated rings. The van der Waals surface area contributed by atoms with Gasteiger partial charge in [0.15, 0.2) is 0 Å². The Hall–Kier alpha value is -3.36. The molecule has 3 amide bonds. The molecule has 162 valence electrons. The van der Waals surface area contributed by atoms with E-state index < -0.39 is 23.4 Å². The summed E-state index contributed by atoms with van der Waals surface area (Å²) in [6.07, 6.45) is -3.81. The van der Waals surface area contributed by atoms with Gasteiger partial charge in [0.25, 0.3) is 5.91 Å². The van der Waals surface area contributed by atoms with Crippen LogP contribution in [0.1, 0.15) is 29.5 Å². The minimum absolute atomic E-state index is 0.255. The van der Waals surface area contributed by atoms with Gasteiger partial charge in [0.1, 0.15) is 11.4 Å². The Kier molecular flexibility index (Phi) is 5.20. The maximum absolute atomic E-state index is 13.2. The van der Waals surface area contributed by atoms with Crippen LogP contribution in [-0.4, -0.2) is 41.3 Å². The third-order valence-corrected chi connectivity index (χ3v) is 5.56. The number of nitrogens with zero attached hydrogens (tertiary/aromatic N) is 2. The predicted octanol–water partition coefficient (Wildman–Crippen LogP) is 3.96. The van der Waals surface area contributed by atoms with Gasteiger partial charge < -0.3 is 15.5 Å². The first-order chi connectivity index (χ1) is 14.7. The SMILES string of the molecule is Cc1ccc(C2=NC3(CCN(C(=O)Nc4ccccc4C(F)(F)F)CC3)NC2=O)cc1. The maximum atomic E-state index is 13.2. The minimum Gasteiger partial charge on any atom is -0.326 e. The highest BCUT2D eigenvalue weighted by atomic mass is 19.4. The number of hydrogen-bond acceptors (Lipinski definition) is 3. The molecule has 2 aromatic rings. The number of anilines is 1. The fourth-order valence-corrected chi connectivity index (χ4v) is 3.82. The Balaban J connectivity index is 1.44. The van der Waals surface area contributed by atoms with Gasteiger partial charge >= 0.3 is 12.2 Å². The van der Waals surface area contributed by atoms with E-state index in [0.29, 0.717) is 18.6 Å².